The Bertz CT molecular complexity index is 1800. The number of β-amino-alcohol motifs (C(OH)–C–C–N with tert-alkyl or cyclic N) is 1. The second-order valence-electron chi connectivity index (χ2n) is 10.3. The molecular weight excluding hydrogens is 566 g/mol. The SMILES string of the molecule is C[C@@H](C#N)Cn1cc(-c2cc(NC(=O)N3C[C@H](O)c4cc(F)ccc43)c3c(c2)C(=O)N[C@@H]3c2cc(F)ccc2Cl)cn1. The Morgan fingerprint density at radius 3 is 2.69 bits per heavy atom. The molecule has 2 aliphatic heterocycles. The molecule has 0 bridgehead atoms. The van der Waals surface area contributed by atoms with E-state index in [-0.39, 0.29) is 34.3 Å². The number of nitriles is 1. The topological polar surface area (TPSA) is 123 Å². The number of amides is 3. The van der Waals surface area contributed by atoms with Gasteiger partial charge in [-0.1, -0.05) is 11.6 Å². The van der Waals surface area contributed by atoms with Gasteiger partial charge in [-0.05, 0) is 61.0 Å². The van der Waals surface area contributed by atoms with Gasteiger partial charge in [-0.25, -0.2) is 13.6 Å². The fourth-order valence-electron chi connectivity index (χ4n) is 5.39. The summed E-state index contributed by atoms with van der Waals surface area (Å²) < 4.78 is 29.7. The van der Waals surface area contributed by atoms with Crippen LogP contribution in [-0.4, -0.2) is 33.4 Å². The number of nitrogens with zero attached hydrogens (tertiary/aromatic N) is 4. The minimum absolute atomic E-state index is 0.104. The molecule has 6 rings (SSSR count). The number of carbonyl (C=O) groups is 2. The van der Waals surface area contributed by atoms with Crippen molar-refractivity contribution in [1.29, 1.82) is 5.26 Å². The minimum atomic E-state index is -1.08. The first-order chi connectivity index (χ1) is 20.1. The fraction of sp³-hybridized carbons (Fsp3) is 0.200. The first kappa shape index (κ1) is 27.4. The summed E-state index contributed by atoms with van der Waals surface area (Å²) >= 11 is 6.41. The zero-order chi connectivity index (χ0) is 29.7. The van der Waals surface area contributed by atoms with E-state index in [1.807, 2.05) is 0 Å². The highest BCUT2D eigenvalue weighted by molar-refractivity contribution is 6.31. The summed E-state index contributed by atoms with van der Waals surface area (Å²) in [6.45, 7) is 2.03. The zero-order valence-electron chi connectivity index (χ0n) is 22.1. The van der Waals surface area contributed by atoms with Gasteiger partial charge in [0.15, 0.2) is 0 Å². The number of benzene rings is 3. The molecule has 12 heteroatoms. The average molecular weight is 589 g/mol. The van der Waals surface area contributed by atoms with Crippen molar-refractivity contribution in [2.45, 2.75) is 25.6 Å². The zero-order valence-corrected chi connectivity index (χ0v) is 22.9. The van der Waals surface area contributed by atoms with E-state index in [1.165, 1.54) is 41.3 Å². The third-order valence-electron chi connectivity index (χ3n) is 7.39. The van der Waals surface area contributed by atoms with Crippen LogP contribution >= 0.6 is 11.6 Å². The Kier molecular flexibility index (Phi) is 6.88. The fourth-order valence-corrected chi connectivity index (χ4v) is 5.62. The summed E-state index contributed by atoms with van der Waals surface area (Å²) in [6, 6.07) is 11.6. The maximum atomic E-state index is 14.3. The Hall–Kier alpha value is -4.79. The van der Waals surface area contributed by atoms with Crippen molar-refractivity contribution < 1.29 is 23.5 Å². The van der Waals surface area contributed by atoms with Crippen LogP contribution in [-0.2, 0) is 6.54 Å². The number of aliphatic hydroxyl groups excluding tert-OH is 1. The average Bonchev–Trinajstić information content (AvgIpc) is 3.66. The largest absolute Gasteiger partial charge is 0.386 e. The van der Waals surface area contributed by atoms with Gasteiger partial charge in [-0.15, -0.1) is 0 Å². The summed E-state index contributed by atoms with van der Waals surface area (Å²) in [7, 11) is 0. The molecule has 3 heterocycles. The highest BCUT2D eigenvalue weighted by atomic mass is 35.5. The summed E-state index contributed by atoms with van der Waals surface area (Å²) in [4.78, 5) is 28.2. The molecule has 3 N–H and O–H groups in total. The van der Waals surface area contributed by atoms with Crippen LogP contribution in [0.5, 0.6) is 0 Å². The quantitative estimate of drug-likeness (QED) is 0.282. The van der Waals surface area contributed by atoms with Crippen LogP contribution in [0.25, 0.3) is 11.1 Å². The van der Waals surface area contributed by atoms with Crippen molar-refractivity contribution in [3.63, 3.8) is 0 Å². The van der Waals surface area contributed by atoms with E-state index in [0.717, 1.165) is 0 Å². The number of rotatable bonds is 5. The molecule has 0 fully saturated rings. The minimum Gasteiger partial charge on any atom is -0.386 e. The van der Waals surface area contributed by atoms with Crippen LogP contribution in [0, 0.1) is 28.9 Å². The molecule has 4 aromatic rings. The molecule has 3 aromatic carbocycles. The Morgan fingerprint density at radius 1 is 1.19 bits per heavy atom. The van der Waals surface area contributed by atoms with Crippen molar-refractivity contribution in [2.75, 3.05) is 16.8 Å². The first-order valence-electron chi connectivity index (χ1n) is 13.0. The Labute approximate surface area is 243 Å². The molecule has 0 unspecified atom stereocenters. The molecule has 2 aliphatic rings. The van der Waals surface area contributed by atoms with Crippen molar-refractivity contribution in [1.82, 2.24) is 15.1 Å². The van der Waals surface area contributed by atoms with Gasteiger partial charge in [0.2, 0.25) is 0 Å². The van der Waals surface area contributed by atoms with Gasteiger partial charge in [0, 0.05) is 44.7 Å². The molecule has 212 valence electrons. The monoisotopic (exact) mass is 588 g/mol. The van der Waals surface area contributed by atoms with Gasteiger partial charge >= 0.3 is 6.03 Å². The lowest BCUT2D eigenvalue weighted by atomic mass is 9.93. The lowest BCUT2D eigenvalue weighted by Gasteiger charge is -2.22. The number of aromatic nitrogens is 2. The van der Waals surface area contributed by atoms with E-state index in [9.17, 15) is 23.5 Å². The van der Waals surface area contributed by atoms with Gasteiger partial charge in [0.05, 0.1) is 49.1 Å². The van der Waals surface area contributed by atoms with Crippen molar-refractivity contribution in [2.24, 2.45) is 5.92 Å². The van der Waals surface area contributed by atoms with Crippen LogP contribution in [0.15, 0.2) is 60.9 Å². The number of aliphatic hydroxyl groups is 1. The van der Waals surface area contributed by atoms with Crippen molar-refractivity contribution in [3.8, 4) is 17.2 Å². The van der Waals surface area contributed by atoms with E-state index in [0.29, 0.717) is 34.5 Å². The normalized spacial score (nSPS) is 17.8. The van der Waals surface area contributed by atoms with E-state index < -0.39 is 35.7 Å². The Balaban J connectivity index is 1.44. The van der Waals surface area contributed by atoms with Gasteiger partial charge in [-0.2, -0.15) is 10.4 Å². The first-order valence-corrected chi connectivity index (χ1v) is 13.4. The predicted molar refractivity (Wildman–Crippen MR) is 151 cm³/mol. The van der Waals surface area contributed by atoms with E-state index >= 15 is 0 Å². The molecule has 9 nitrogen and oxygen atoms in total. The van der Waals surface area contributed by atoms with E-state index in [1.54, 1.807) is 36.1 Å². The molecule has 3 amide bonds. The molecule has 0 radical (unpaired) electrons. The van der Waals surface area contributed by atoms with Gasteiger partial charge in [0.25, 0.3) is 5.91 Å². The van der Waals surface area contributed by atoms with Crippen molar-refractivity contribution >= 4 is 34.9 Å². The molecule has 0 spiro atoms. The summed E-state index contributed by atoms with van der Waals surface area (Å²) in [5.41, 5.74) is 3.01. The molecule has 1 aromatic heterocycles. The maximum Gasteiger partial charge on any atom is 0.326 e. The number of nitrogens with one attached hydrogen (secondary N) is 2. The van der Waals surface area contributed by atoms with E-state index in [2.05, 4.69) is 21.8 Å². The number of hydrogen-bond acceptors (Lipinski definition) is 5. The number of halogens is 3. The van der Waals surface area contributed by atoms with Gasteiger partial charge in [-0.3, -0.25) is 14.4 Å². The molecular formula is C30H23ClF2N6O3. The number of anilines is 2. The molecule has 0 saturated heterocycles. The van der Waals surface area contributed by atoms with Gasteiger partial charge < -0.3 is 15.7 Å². The molecule has 42 heavy (non-hydrogen) atoms. The number of carbonyl (C=O) groups excluding carboxylic acids is 2. The van der Waals surface area contributed by atoms with Crippen LogP contribution in [0.3, 0.4) is 0 Å². The van der Waals surface area contributed by atoms with Crippen LogP contribution < -0.4 is 15.5 Å². The van der Waals surface area contributed by atoms with Gasteiger partial charge in [0.1, 0.15) is 11.6 Å². The summed E-state index contributed by atoms with van der Waals surface area (Å²) in [6.07, 6.45) is 2.24. The van der Waals surface area contributed by atoms with Crippen LogP contribution in [0.2, 0.25) is 5.02 Å². The Morgan fingerprint density at radius 2 is 1.93 bits per heavy atom. The van der Waals surface area contributed by atoms with E-state index in [4.69, 9.17) is 16.9 Å². The molecule has 0 aliphatic carbocycles. The second kappa shape index (κ2) is 10.6. The molecule has 0 saturated carbocycles. The highest BCUT2D eigenvalue weighted by Crippen LogP contribution is 2.42. The smallest absolute Gasteiger partial charge is 0.326 e. The maximum absolute atomic E-state index is 14.3. The second-order valence-corrected chi connectivity index (χ2v) is 10.7. The highest BCUT2D eigenvalue weighted by Gasteiger charge is 2.37. The number of fused-ring (bicyclic) bond motifs is 2. The lowest BCUT2D eigenvalue weighted by molar-refractivity contribution is 0.0960. The van der Waals surface area contributed by atoms with Crippen molar-refractivity contribution in [3.05, 3.63) is 99.8 Å². The standard InChI is InChI=1S/C30H23ClF2N6O3/c1-15(10-34)12-38-13-17(11-35-38)16-6-22-27(28(37-29(22)41)20-8-18(32)2-4-23(20)31)24(7-16)36-30(42)39-14-26(40)21-9-19(33)3-5-25(21)39/h2-9,11,13,15,26,28,40H,12,14H2,1H3,(H,36,42)(H,37,41)/t15-,26-,28+/m0/s1. The lowest BCUT2D eigenvalue weighted by Crippen LogP contribution is -2.34. The molecule has 3 atom stereocenters. The predicted octanol–water partition coefficient (Wildman–Crippen LogP) is 5.56. The third-order valence-corrected chi connectivity index (χ3v) is 7.73. The summed E-state index contributed by atoms with van der Waals surface area (Å²) in [5, 5.41) is 29.9. The third kappa shape index (κ3) is 4.85. The summed E-state index contributed by atoms with van der Waals surface area (Å²) in [5.74, 6) is -1.81. The number of urea groups is 1. The van der Waals surface area contributed by atoms with Crippen LogP contribution in [0.4, 0.5) is 25.0 Å². The van der Waals surface area contributed by atoms with Crippen LogP contribution in [0.1, 0.15) is 46.1 Å². The number of hydrogen-bond donors (Lipinski definition) is 3.